The summed E-state index contributed by atoms with van der Waals surface area (Å²) in [6, 6.07) is 9.25. The molecule has 2 rings (SSSR count). The molecule has 2 nitrogen and oxygen atoms in total. The van der Waals surface area contributed by atoms with Gasteiger partial charge in [0.15, 0.2) is 0 Å². The highest BCUT2D eigenvalue weighted by Crippen LogP contribution is 2.19. The zero-order valence-corrected chi connectivity index (χ0v) is 13.6. The molecule has 0 aromatic heterocycles. The Hall–Kier alpha value is -0.380. The standard InChI is InChI=1S/C16H25BrN2/c1-13(2)10-19(12-15-7-5-9-18-15)11-14-6-3-4-8-16(14)17/h3-4,6,8,13,15,18H,5,7,9-12H2,1-2H3. The smallest absolute Gasteiger partial charge is 0.0245 e. The Balaban J connectivity index is 1.98. The molecule has 106 valence electrons. The van der Waals surface area contributed by atoms with Crippen molar-refractivity contribution >= 4 is 15.9 Å². The first kappa shape index (κ1) is 15.0. The maximum absolute atomic E-state index is 3.66. The van der Waals surface area contributed by atoms with Gasteiger partial charge in [-0.15, -0.1) is 0 Å². The van der Waals surface area contributed by atoms with Crippen molar-refractivity contribution in [2.24, 2.45) is 5.92 Å². The molecule has 1 unspecified atom stereocenters. The monoisotopic (exact) mass is 324 g/mol. The van der Waals surface area contributed by atoms with Crippen LogP contribution in [0.3, 0.4) is 0 Å². The van der Waals surface area contributed by atoms with E-state index in [4.69, 9.17) is 0 Å². The molecular weight excluding hydrogens is 300 g/mol. The van der Waals surface area contributed by atoms with Crippen molar-refractivity contribution in [3.8, 4) is 0 Å². The predicted molar refractivity (Wildman–Crippen MR) is 85.3 cm³/mol. The summed E-state index contributed by atoms with van der Waals surface area (Å²) in [5.41, 5.74) is 1.39. The van der Waals surface area contributed by atoms with E-state index in [1.54, 1.807) is 0 Å². The summed E-state index contributed by atoms with van der Waals surface area (Å²) >= 11 is 3.66. The van der Waals surface area contributed by atoms with Crippen LogP contribution in [-0.2, 0) is 6.54 Å². The SMILES string of the molecule is CC(C)CN(Cc1ccccc1Br)CC1CCCN1. The number of nitrogens with one attached hydrogen (secondary N) is 1. The lowest BCUT2D eigenvalue weighted by Crippen LogP contribution is -2.39. The van der Waals surface area contributed by atoms with Crippen molar-refractivity contribution in [3.05, 3.63) is 34.3 Å². The summed E-state index contributed by atoms with van der Waals surface area (Å²) in [7, 11) is 0. The predicted octanol–water partition coefficient (Wildman–Crippen LogP) is 3.66. The summed E-state index contributed by atoms with van der Waals surface area (Å²) in [5.74, 6) is 0.712. The van der Waals surface area contributed by atoms with Crippen LogP contribution in [0.2, 0.25) is 0 Å². The van der Waals surface area contributed by atoms with Gasteiger partial charge in [-0.25, -0.2) is 0 Å². The summed E-state index contributed by atoms with van der Waals surface area (Å²) in [4.78, 5) is 2.59. The Bertz CT molecular complexity index is 386. The van der Waals surface area contributed by atoms with E-state index in [1.165, 1.54) is 42.5 Å². The van der Waals surface area contributed by atoms with Crippen LogP contribution in [0.4, 0.5) is 0 Å². The zero-order chi connectivity index (χ0) is 13.7. The quantitative estimate of drug-likeness (QED) is 0.859. The second kappa shape index (κ2) is 7.41. The van der Waals surface area contributed by atoms with Gasteiger partial charge >= 0.3 is 0 Å². The van der Waals surface area contributed by atoms with Crippen molar-refractivity contribution in [2.45, 2.75) is 39.3 Å². The lowest BCUT2D eigenvalue weighted by Gasteiger charge is -2.27. The Morgan fingerprint density at radius 2 is 2.16 bits per heavy atom. The van der Waals surface area contributed by atoms with Crippen molar-refractivity contribution in [3.63, 3.8) is 0 Å². The van der Waals surface area contributed by atoms with Gasteiger partial charge in [0, 0.05) is 30.1 Å². The van der Waals surface area contributed by atoms with Crippen LogP contribution in [0, 0.1) is 5.92 Å². The number of hydrogen-bond donors (Lipinski definition) is 1. The Morgan fingerprint density at radius 3 is 2.79 bits per heavy atom. The first-order valence-corrected chi connectivity index (χ1v) is 8.13. The third-order valence-corrected chi connectivity index (χ3v) is 4.39. The van der Waals surface area contributed by atoms with E-state index in [1.807, 2.05) is 0 Å². The average Bonchev–Trinajstić information content (AvgIpc) is 2.84. The molecule has 1 aromatic carbocycles. The summed E-state index contributed by atoms with van der Waals surface area (Å²) in [5, 5.41) is 3.61. The largest absolute Gasteiger partial charge is 0.313 e. The van der Waals surface area contributed by atoms with Gasteiger partial charge in [-0.1, -0.05) is 48.0 Å². The van der Waals surface area contributed by atoms with Crippen LogP contribution in [0.15, 0.2) is 28.7 Å². The average molecular weight is 325 g/mol. The molecule has 1 atom stereocenters. The summed E-state index contributed by atoms with van der Waals surface area (Å²) < 4.78 is 1.23. The van der Waals surface area contributed by atoms with Gasteiger partial charge in [0.25, 0.3) is 0 Å². The highest BCUT2D eigenvalue weighted by atomic mass is 79.9. The Labute approximate surface area is 125 Å². The molecular formula is C16H25BrN2. The van der Waals surface area contributed by atoms with Gasteiger partial charge in [0.1, 0.15) is 0 Å². The van der Waals surface area contributed by atoms with E-state index in [9.17, 15) is 0 Å². The fraction of sp³-hybridized carbons (Fsp3) is 0.625. The van der Waals surface area contributed by atoms with E-state index in [2.05, 4.69) is 64.3 Å². The second-order valence-electron chi connectivity index (χ2n) is 5.97. The van der Waals surface area contributed by atoms with Gasteiger partial charge in [-0.05, 0) is 36.9 Å². The molecule has 19 heavy (non-hydrogen) atoms. The minimum atomic E-state index is 0.682. The fourth-order valence-corrected chi connectivity index (χ4v) is 3.22. The van der Waals surface area contributed by atoms with Gasteiger partial charge in [-0.2, -0.15) is 0 Å². The van der Waals surface area contributed by atoms with Crippen molar-refractivity contribution in [2.75, 3.05) is 19.6 Å². The third kappa shape index (κ3) is 4.90. The minimum absolute atomic E-state index is 0.682. The van der Waals surface area contributed by atoms with E-state index in [0.717, 1.165) is 6.54 Å². The van der Waals surface area contributed by atoms with Gasteiger partial charge in [-0.3, -0.25) is 4.90 Å². The highest BCUT2D eigenvalue weighted by molar-refractivity contribution is 9.10. The summed E-state index contributed by atoms with van der Waals surface area (Å²) in [6.07, 6.45) is 2.65. The molecule has 1 fully saturated rings. The van der Waals surface area contributed by atoms with Gasteiger partial charge in [0.2, 0.25) is 0 Å². The molecule has 1 aliphatic heterocycles. The van der Waals surface area contributed by atoms with Crippen molar-refractivity contribution in [1.82, 2.24) is 10.2 Å². The van der Waals surface area contributed by atoms with E-state index >= 15 is 0 Å². The second-order valence-corrected chi connectivity index (χ2v) is 6.83. The van der Waals surface area contributed by atoms with Crippen LogP contribution in [0.25, 0.3) is 0 Å². The Morgan fingerprint density at radius 1 is 1.37 bits per heavy atom. The van der Waals surface area contributed by atoms with Crippen LogP contribution in [-0.4, -0.2) is 30.6 Å². The van der Waals surface area contributed by atoms with Crippen molar-refractivity contribution in [1.29, 1.82) is 0 Å². The molecule has 1 aliphatic rings. The normalized spacial score (nSPS) is 19.5. The Kier molecular flexibility index (Phi) is 5.86. The molecule has 1 N–H and O–H groups in total. The van der Waals surface area contributed by atoms with Crippen LogP contribution in [0.1, 0.15) is 32.3 Å². The van der Waals surface area contributed by atoms with Crippen LogP contribution in [0.5, 0.6) is 0 Å². The molecule has 0 amide bonds. The minimum Gasteiger partial charge on any atom is -0.313 e. The lowest BCUT2D eigenvalue weighted by molar-refractivity contribution is 0.216. The fourth-order valence-electron chi connectivity index (χ4n) is 2.81. The van der Waals surface area contributed by atoms with Gasteiger partial charge in [0.05, 0.1) is 0 Å². The van der Waals surface area contributed by atoms with Crippen LogP contribution >= 0.6 is 15.9 Å². The molecule has 0 radical (unpaired) electrons. The summed E-state index contributed by atoms with van der Waals surface area (Å²) in [6.45, 7) is 9.16. The van der Waals surface area contributed by atoms with E-state index in [0.29, 0.717) is 12.0 Å². The number of benzene rings is 1. The third-order valence-electron chi connectivity index (χ3n) is 3.62. The maximum Gasteiger partial charge on any atom is 0.0245 e. The molecule has 3 heteroatoms. The highest BCUT2D eigenvalue weighted by Gasteiger charge is 2.19. The molecule has 0 spiro atoms. The zero-order valence-electron chi connectivity index (χ0n) is 12.0. The number of hydrogen-bond acceptors (Lipinski definition) is 2. The molecule has 0 saturated carbocycles. The van der Waals surface area contributed by atoms with E-state index < -0.39 is 0 Å². The van der Waals surface area contributed by atoms with Crippen LogP contribution < -0.4 is 5.32 Å². The maximum atomic E-state index is 3.66. The van der Waals surface area contributed by atoms with Crippen molar-refractivity contribution < 1.29 is 0 Å². The first-order chi connectivity index (χ1) is 9.15. The molecule has 1 saturated heterocycles. The number of rotatable bonds is 6. The first-order valence-electron chi connectivity index (χ1n) is 7.34. The molecule has 1 heterocycles. The molecule has 1 aromatic rings. The molecule has 0 bridgehead atoms. The number of halogens is 1. The topological polar surface area (TPSA) is 15.3 Å². The lowest BCUT2D eigenvalue weighted by atomic mass is 10.1. The number of nitrogens with zero attached hydrogens (tertiary/aromatic N) is 1. The molecule has 0 aliphatic carbocycles. The van der Waals surface area contributed by atoms with E-state index in [-0.39, 0.29) is 0 Å². The van der Waals surface area contributed by atoms with Gasteiger partial charge < -0.3 is 5.32 Å².